The van der Waals surface area contributed by atoms with Gasteiger partial charge in [-0.2, -0.15) is 5.10 Å². The molecule has 0 aliphatic carbocycles. The number of carbonyl (C=O) groups excluding carboxylic acids is 1. The highest BCUT2D eigenvalue weighted by molar-refractivity contribution is 5.93. The zero-order chi connectivity index (χ0) is 26.3. The highest BCUT2D eigenvalue weighted by atomic mass is 19.1. The molecule has 0 radical (unpaired) electrons. The first-order valence-electron chi connectivity index (χ1n) is 11.4. The largest absolute Gasteiger partial charge is 0.494 e. The molecule has 3 aromatic heterocycles. The number of benzene rings is 1. The third kappa shape index (κ3) is 4.29. The number of ether oxygens (including phenoxy) is 3. The van der Waals surface area contributed by atoms with Crippen molar-refractivity contribution in [2.45, 2.75) is 19.0 Å². The third-order valence-electron chi connectivity index (χ3n) is 6.19. The molecule has 2 atom stereocenters. The fourth-order valence-corrected chi connectivity index (χ4v) is 4.28. The Morgan fingerprint density at radius 2 is 1.81 bits per heavy atom. The molecule has 4 heterocycles. The molecule has 0 unspecified atom stereocenters. The number of carbonyl (C=O) groups is 1. The number of hydrogen-bond acceptors (Lipinski definition) is 8. The summed E-state index contributed by atoms with van der Waals surface area (Å²) in [6, 6.07) is 3.98. The van der Waals surface area contributed by atoms with Gasteiger partial charge in [-0.05, 0) is 13.0 Å². The molecule has 1 amide bonds. The number of anilines is 1. The second-order valence-corrected chi connectivity index (χ2v) is 8.61. The summed E-state index contributed by atoms with van der Waals surface area (Å²) in [6.07, 6.45) is 2.86. The minimum absolute atomic E-state index is 0.159. The number of rotatable bonds is 7. The Labute approximate surface area is 210 Å². The predicted octanol–water partition coefficient (Wildman–Crippen LogP) is 3.11. The molecule has 2 N–H and O–H groups in total. The van der Waals surface area contributed by atoms with Crippen LogP contribution in [0, 0.1) is 11.6 Å². The summed E-state index contributed by atoms with van der Waals surface area (Å²) in [5, 5.41) is 11.0. The van der Waals surface area contributed by atoms with Crippen LogP contribution in [-0.4, -0.2) is 65.0 Å². The Balaban J connectivity index is 1.56. The summed E-state index contributed by atoms with van der Waals surface area (Å²) >= 11 is 0. The Bertz CT molecular complexity index is 1510. The summed E-state index contributed by atoms with van der Waals surface area (Å²) in [5.74, 6) is -1.87. The van der Waals surface area contributed by atoms with Gasteiger partial charge in [0, 0.05) is 34.9 Å². The zero-order valence-corrected chi connectivity index (χ0v) is 20.3. The van der Waals surface area contributed by atoms with Gasteiger partial charge < -0.3 is 24.8 Å². The summed E-state index contributed by atoms with van der Waals surface area (Å²) < 4.78 is 47.8. The molecule has 1 aliphatic heterocycles. The normalized spacial score (nSPS) is 17.2. The first-order valence-corrected chi connectivity index (χ1v) is 11.4. The number of fused-ring (bicyclic) bond motifs is 3. The maximum absolute atomic E-state index is 15.3. The van der Waals surface area contributed by atoms with E-state index >= 15 is 8.78 Å². The number of nitrogens with one attached hydrogen (secondary N) is 2. The van der Waals surface area contributed by atoms with Gasteiger partial charge in [-0.25, -0.2) is 23.3 Å². The molecule has 0 bridgehead atoms. The maximum atomic E-state index is 15.3. The van der Waals surface area contributed by atoms with Crippen LogP contribution in [-0.2, 0) is 9.53 Å². The molecular formula is C25H24F2N6O4. The minimum atomic E-state index is -0.889. The molecule has 0 saturated carbocycles. The summed E-state index contributed by atoms with van der Waals surface area (Å²) in [4.78, 5) is 20.8. The molecular weight excluding hydrogens is 486 g/mol. The number of aromatic nitrogens is 4. The summed E-state index contributed by atoms with van der Waals surface area (Å²) in [6.45, 7) is 6.01. The van der Waals surface area contributed by atoms with Crippen molar-refractivity contribution in [2.75, 3.05) is 32.8 Å². The second-order valence-electron chi connectivity index (χ2n) is 8.61. The van der Waals surface area contributed by atoms with Gasteiger partial charge in [0.25, 0.3) is 0 Å². The van der Waals surface area contributed by atoms with Crippen molar-refractivity contribution in [1.29, 1.82) is 0 Å². The molecule has 4 aromatic rings. The molecule has 5 rings (SSSR count). The van der Waals surface area contributed by atoms with Crippen LogP contribution in [0.5, 0.6) is 11.5 Å². The van der Waals surface area contributed by atoms with Gasteiger partial charge in [0.05, 0.1) is 50.6 Å². The number of pyridine rings is 2. The first-order chi connectivity index (χ1) is 17.8. The Kier molecular flexibility index (Phi) is 6.34. The van der Waals surface area contributed by atoms with Gasteiger partial charge in [-0.15, -0.1) is 0 Å². The van der Waals surface area contributed by atoms with Gasteiger partial charge in [0.1, 0.15) is 12.1 Å². The van der Waals surface area contributed by atoms with E-state index in [9.17, 15) is 4.79 Å². The van der Waals surface area contributed by atoms with Gasteiger partial charge in [0.15, 0.2) is 28.8 Å². The lowest BCUT2D eigenvalue weighted by atomic mass is 10.0. The van der Waals surface area contributed by atoms with E-state index in [0.717, 1.165) is 6.07 Å². The minimum Gasteiger partial charge on any atom is -0.494 e. The lowest BCUT2D eigenvalue weighted by Crippen LogP contribution is -2.46. The Morgan fingerprint density at radius 3 is 2.49 bits per heavy atom. The van der Waals surface area contributed by atoms with Gasteiger partial charge in [-0.3, -0.25) is 4.79 Å². The highest BCUT2D eigenvalue weighted by Crippen LogP contribution is 2.40. The monoisotopic (exact) mass is 510 g/mol. The quantitative estimate of drug-likeness (QED) is 0.365. The third-order valence-corrected chi connectivity index (χ3v) is 6.19. The number of nitrogens with zero attached hydrogens (tertiary/aromatic N) is 4. The molecule has 37 heavy (non-hydrogen) atoms. The topological polar surface area (TPSA) is 112 Å². The molecule has 10 nitrogen and oxygen atoms in total. The Morgan fingerprint density at radius 1 is 1.11 bits per heavy atom. The van der Waals surface area contributed by atoms with Crippen LogP contribution in [0.3, 0.4) is 0 Å². The lowest BCUT2D eigenvalue weighted by Gasteiger charge is -2.21. The number of methoxy groups -OCH3 is 2. The Hall–Kier alpha value is -4.32. The number of hydrogen-bond donors (Lipinski definition) is 2. The van der Waals surface area contributed by atoms with Crippen LogP contribution in [0.1, 0.15) is 6.92 Å². The summed E-state index contributed by atoms with van der Waals surface area (Å²) in [7, 11) is 2.57. The zero-order valence-electron chi connectivity index (χ0n) is 20.3. The van der Waals surface area contributed by atoms with Crippen molar-refractivity contribution in [1.82, 2.24) is 24.9 Å². The van der Waals surface area contributed by atoms with Gasteiger partial charge >= 0.3 is 0 Å². The van der Waals surface area contributed by atoms with Crippen molar-refractivity contribution in [3.8, 4) is 22.6 Å². The van der Waals surface area contributed by atoms with Crippen LogP contribution < -0.4 is 20.1 Å². The van der Waals surface area contributed by atoms with Crippen molar-refractivity contribution in [2.24, 2.45) is 0 Å². The van der Waals surface area contributed by atoms with Crippen LogP contribution in [0.15, 0.2) is 42.9 Å². The molecule has 1 fully saturated rings. The fraction of sp³-hybridized carbons (Fsp3) is 0.280. The predicted molar refractivity (Wildman–Crippen MR) is 132 cm³/mol. The van der Waals surface area contributed by atoms with Crippen LogP contribution in [0.2, 0.25) is 0 Å². The molecule has 1 aromatic carbocycles. The first kappa shape index (κ1) is 24.4. The molecule has 0 spiro atoms. The van der Waals surface area contributed by atoms with E-state index < -0.39 is 11.6 Å². The van der Waals surface area contributed by atoms with E-state index in [2.05, 4.69) is 32.3 Å². The van der Waals surface area contributed by atoms with E-state index in [0.29, 0.717) is 35.5 Å². The van der Waals surface area contributed by atoms with Crippen molar-refractivity contribution < 1.29 is 27.8 Å². The van der Waals surface area contributed by atoms with Crippen molar-refractivity contribution >= 4 is 28.3 Å². The van der Waals surface area contributed by atoms with Crippen molar-refractivity contribution in [3.05, 3.63) is 54.5 Å². The average Bonchev–Trinajstić information content (AvgIpc) is 3.54. The van der Waals surface area contributed by atoms with E-state index in [4.69, 9.17) is 14.2 Å². The number of amides is 1. The maximum Gasteiger partial charge on any atom is 0.246 e. The molecule has 1 saturated heterocycles. The molecule has 192 valence electrons. The SMILES string of the molecule is C=C(C)C(=O)N[C@H]1COC[C@H]1Nc1cc2c(cn1)cc(-c1c(F)c(OC)cc(OC)c1F)c1ncnn12. The molecule has 1 aliphatic rings. The van der Waals surface area contributed by atoms with Crippen LogP contribution in [0.25, 0.3) is 27.7 Å². The van der Waals surface area contributed by atoms with Gasteiger partial charge in [-0.1, -0.05) is 6.58 Å². The highest BCUT2D eigenvalue weighted by Gasteiger charge is 2.30. The lowest BCUT2D eigenvalue weighted by molar-refractivity contribution is -0.118. The van der Waals surface area contributed by atoms with E-state index in [1.54, 1.807) is 25.3 Å². The van der Waals surface area contributed by atoms with E-state index in [-0.39, 0.29) is 46.3 Å². The molecule has 12 heteroatoms. The smallest absolute Gasteiger partial charge is 0.246 e. The number of halogens is 2. The summed E-state index contributed by atoms with van der Waals surface area (Å²) in [5.41, 5.74) is 1.05. The van der Waals surface area contributed by atoms with Gasteiger partial charge in [0.2, 0.25) is 5.91 Å². The average molecular weight is 511 g/mol. The van der Waals surface area contributed by atoms with Crippen LogP contribution in [0.4, 0.5) is 14.6 Å². The second kappa shape index (κ2) is 9.62. The fourth-order valence-electron chi connectivity index (χ4n) is 4.28. The van der Waals surface area contributed by atoms with Crippen LogP contribution >= 0.6 is 0 Å². The van der Waals surface area contributed by atoms with Crippen molar-refractivity contribution in [3.63, 3.8) is 0 Å². The van der Waals surface area contributed by atoms with E-state index in [1.165, 1.54) is 25.1 Å². The van der Waals surface area contributed by atoms with E-state index in [1.807, 2.05) is 0 Å². The standard InChI is InChI=1S/C25H24F2N6O4/c1-12(2)25(34)32-16-10-37-9-15(16)31-20-6-17-13(8-28-20)5-14(24-29-11-30-33(17)24)21-22(26)18(35-3)7-19(36-4)23(21)27/h5-8,11,15-16H,1,9-10H2,2-4H3,(H,28,31)(H,32,34)/t15-,16+/m1/s1.